The van der Waals surface area contributed by atoms with Crippen molar-refractivity contribution >= 4 is 0 Å². The quantitative estimate of drug-likeness (QED) is 0.776. The highest BCUT2D eigenvalue weighted by Crippen LogP contribution is 2.47. The summed E-state index contributed by atoms with van der Waals surface area (Å²) in [5, 5.41) is 7.11. The molecule has 8 nitrogen and oxygen atoms in total. The average Bonchev–Trinajstić information content (AvgIpc) is 3.18. The standard InChI is InChI=1S/C15H20F3N3O5/c1-13(2)22-6-7(24-13)10-9(11-12(23-10)26-14(3,4)25-11)21-8(5-19-20-21)15(16,17)18/h5,7,9-12H,6H2,1-4H3/t7-,9-,10-,11-,12-/m1/s1. The second-order valence-electron chi connectivity index (χ2n) is 7.49. The Kier molecular flexibility index (Phi) is 3.91. The van der Waals surface area contributed by atoms with Crippen LogP contribution in [0.4, 0.5) is 13.2 Å². The number of ether oxygens (including phenoxy) is 5. The summed E-state index contributed by atoms with van der Waals surface area (Å²) in [5.74, 6) is -1.84. The van der Waals surface area contributed by atoms with E-state index in [1.165, 1.54) is 0 Å². The highest BCUT2D eigenvalue weighted by molar-refractivity contribution is 5.08. The molecule has 0 spiro atoms. The molecule has 3 saturated heterocycles. The summed E-state index contributed by atoms with van der Waals surface area (Å²) in [4.78, 5) is 0. The summed E-state index contributed by atoms with van der Waals surface area (Å²) in [7, 11) is 0. The lowest BCUT2D eigenvalue weighted by Gasteiger charge is -2.29. The molecule has 0 N–H and O–H groups in total. The van der Waals surface area contributed by atoms with Gasteiger partial charge >= 0.3 is 6.18 Å². The van der Waals surface area contributed by atoms with E-state index in [4.69, 9.17) is 23.7 Å². The van der Waals surface area contributed by atoms with Gasteiger partial charge in [0.2, 0.25) is 0 Å². The van der Waals surface area contributed by atoms with Crippen LogP contribution < -0.4 is 0 Å². The van der Waals surface area contributed by atoms with Crippen molar-refractivity contribution in [3.8, 4) is 0 Å². The Morgan fingerprint density at radius 2 is 1.81 bits per heavy atom. The van der Waals surface area contributed by atoms with Gasteiger partial charge < -0.3 is 23.7 Å². The van der Waals surface area contributed by atoms with Gasteiger partial charge in [-0.05, 0) is 27.7 Å². The first-order chi connectivity index (χ1) is 12.0. The number of halogens is 3. The van der Waals surface area contributed by atoms with Crippen molar-refractivity contribution in [3.05, 3.63) is 11.9 Å². The minimum absolute atomic E-state index is 0.174. The van der Waals surface area contributed by atoms with Gasteiger partial charge in [0.05, 0.1) is 12.8 Å². The van der Waals surface area contributed by atoms with Crippen LogP contribution in [-0.2, 0) is 29.9 Å². The number of fused-ring (bicyclic) bond motifs is 1. The normalized spacial score (nSPS) is 38.7. The fourth-order valence-corrected chi connectivity index (χ4v) is 3.65. The lowest BCUT2D eigenvalue weighted by atomic mass is 10.0. The molecule has 146 valence electrons. The van der Waals surface area contributed by atoms with E-state index < -0.39 is 54.1 Å². The highest BCUT2D eigenvalue weighted by atomic mass is 19.4. The van der Waals surface area contributed by atoms with Crippen molar-refractivity contribution < 1.29 is 36.9 Å². The van der Waals surface area contributed by atoms with Crippen molar-refractivity contribution in [2.45, 2.75) is 76.1 Å². The van der Waals surface area contributed by atoms with Crippen molar-refractivity contribution in [1.82, 2.24) is 15.0 Å². The van der Waals surface area contributed by atoms with Gasteiger partial charge in [-0.1, -0.05) is 5.21 Å². The van der Waals surface area contributed by atoms with Gasteiger partial charge in [0.15, 0.2) is 23.6 Å². The molecule has 0 bridgehead atoms. The molecule has 4 heterocycles. The first kappa shape index (κ1) is 18.1. The molecule has 0 saturated carbocycles. The van der Waals surface area contributed by atoms with E-state index >= 15 is 0 Å². The molecule has 0 aromatic carbocycles. The number of nitrogens with zero attached hydrogens (tertiary/aromatic N) is 3. The molecule has 11 heteroatoms. The number of rotatable bonds is 2. The minimum atomic E-state index is -4.62. The average molecular weight is 379 g/mol. The fourth-order valence-electron chi connectivity index (χ4n) is 3.65. The maximum absolute atomic E-state index is 13.4. The molecule has 0 radical (unpaired) electrons. The maximum atomic E-state index is 13.4. The molecule has 0 unspecified atom stereocenters. The molecule has 3 aliphatic heterocycles. The van der Waals surface area contributed by atoms with Crippen molar-refractivity contribution in [2.75, 3.05) is 6.61 Å². The Bertz CT molecular complexity index is 692. The summed E-state index contributed by atoms with van der Waals surface area (Å²) in [5.41, 5.74) is -0.983. The van der Waals surface area contributed by atoms with Gasteiger partial charge in [-0.2, -0.15) is 13.2 Å². The minimum Gasteiger partial charge on any atom is -0.348 e. The Balaban J connectivity index is 1.71. The molecule has 26 heavy (non-hydrogen) atoms. The third-order valence-corrected chi connectivity index (χ3v) is 4.60. The molecular formula is C15H20F3N3O5. The third-order valence-electron chi connectivity index (χ3n) is 4.60. The van der Waals surface area contributed by atoms with E-state index in [9.17, 15) is 13.2 Å². The van der Waals surface area contributed by atoms with E-state index in [1.807, 2.05) is 0 Å². The Hall–Kier alpha value is -1.27. The van der Waals surface area contributed by atoms with Crippen LogP contribution in [0.1, 0.15) is 39.4 Å². The molecule has 1 aromatic heterocycles. The summed E-state index contributed by atoms with van der Waals surface area (Å²) in [6.07, 6.45) is -6.95. The number of hydrogen-bond donors (Lipinski definition) is 0. The van der Waals surface area contributed by atoms with Crippen molar-refractivity contribution in [2.24, 2.45) is 0 Å². The second kappa shape index (κ2) is 5.61. The number of hydrogen-bond acceptors (Lipinski definition) is 7. The monoisotopic (exact) mass is 379 g/mol. The van der Waals surface area contributed by atoms with E-state index in [1.54, 1.807) is 27.7 Å². The molecule has 1 aromatic rings. The molecule has 3 aliphatic rings. The molecule has 4 rings (SSSR count). The predicted molar refractivity (Wildman–Crippen MR) is 77.7 cm³/mol. The maximum Gasteiger partial charge on any atom is 0.434 e. The molecule has 0 aliphatic carbocycles. The fraction of sp³-hybridized carbons (Fsp3) is 0.867. The largest absolute Gasteiger partial charge is 0.434 e. The van der Waals surface area contributed by atoms with Gasteiger partial charge in [0.25, 0.3) is 0 Å². The van der Waals surface area contributed by atoms with Crippen molar-refractivity contribution in [3.63, 3.8) is 0 Å². The van der Waals surface area contributed by atoms with E-state index in [-0.39, 0.29) is 6.61 Å². The van der Waals surface area contributed by atoms with Crippen LogP contribution in [0, 0.1) is 0 Å². The van der Waals surface area contributed by atoms with Crippen LogP contribution in [0.25, 0.3) is 0 Å². The van der Waals surface area contributed by atoms with Crippen LogP contribution in [0.15, 0.2) is 6.20 Å². The zero-order chi connectivity index (χ0) is 18.9. The zero-order valence-electron chi connectivity index (χ0n) is 14.7. The van der Waals surface area contributed by atoms with Crippen molar-refractivity contribution in [1.29, 1.82) is 0 Å². The van der Waals surface area contributed by atoms with Gasteiger partial charge in [-0.3, -0.25) is 0 Å². The zero-order valence-corrected chi connectivity index (χ0v) is 14.7. The summed E-state index contributed by atoms with van der Waals surface area (Å²) < 4.78 is 69.7. The predicted octanol–water partition coefficient (Wildman–Crippen LogP) is 1.87. The van der Waals surface area contributed by atoms with Gasteiger partial charge in [0.1, 0.15) is 24.4 Å². The first-order valence-corrected chi connectivity index (χ1v) is 8.27. The molecular weight excluding hydrogens is 359 g/mol. The highest BCUT2D eigenvalue weighted by Gasteiger charge is 2.60. The Labute approximate surface area is 147 Å². The van der Waals surface area contributed by atoms with E-state index in [2.05, 4.69) is 10.3 Å². The Morgan fingerprint density at radius 1 is 1.08 bits per heavy atom. The van der Waals surface area contributed by atoms with Crippen LogP contribution >= 0.6 is 0 Å². The summed E-state index contributed by atoms with van der Waals surface area (Å²) in [6.45, 7) is 6.97. The number of aromatic nitrogens is 3. The van der Waals surface area contributed by atoms with Crippen LogP contribution in [0.5, 0.6) is 0 Å². The second-order valence-corrected chi connectivity index (χ2v) is 7.49. The molecule has 5 atom stereocenters. The van der Waals surface area contributed by atoms with E-state index in [0.717, 1.165) is 4.68 Å². The smallest absolute Gasteiger partial charge is 0.348 e. The van der Waals surface area contributed by atoms with Crippen LogP contribution in [0.2, 0.25) is 0 Å². The summed E-state index contributed by atoms with van der Waals surface area (Å²) >= 11 is 0. The molecule has 0 amide bonds. The summed E-state index contributed by atoms with van der Waals surface area (Å²) in [6, 6.07) is -0.927. The van der Waals surface area contributed by atoms with E-state index in [0.29, 0.717) is 6.20 Å². The first-order valence-electron chi connectivity index (χ1n) is 8.27. The lowest BCUT2D eigenvalue weighted by molar-refractivity contribution is -0.227. The lowest BCUT2D eigenvalue weighted by Crippen LogP contribution is -2.41. The molecule has 3 fully saturated rings. The SMILES string of the molecule is CC1(C)O[C@H]2O[C@H]([C@H]3COC(C)(C)O3)[C@@H](n3nncc3C(F)(F)F)[C@H]2O1. The van der Waals surface area contributed by atoms with Crippen LogP contribution in [-0.4, -0.2) is 57.8 Å². The van der Waals surface area contributed by atoms with Gasteiger partial charge in [-0.15, -0.1) is 5.10 Å². The number of alkyl halides is 3. The third kappa shape index (κ3) is 3.01. The van der Waals surface area contributed by atoms with Gasteiger partial charge in [0, 0.05) is 0 Å². The Morgan fingerprint density at radius 3 is 2.42 bits per heavy atom. The van der Waals surface area contributed by atoms with Gasteiger partial charge in [-0.25, -0.2) is 4.68 Å². The van der Waals surface area contributed by atoms with Crippen LogP contribution in [0.3, 0.4) is 0 Å². The topological polar surface area (TPSA) is 76.9 Å².